The number of pyridine rings is 1. The number of piperazine rings is 1. The lowest BCUT2D eigenvalue weighted by molar-refractivity contribution is -0.191. The minimum atomic E-state index is -0.981. The molecule has 0 unspecified atom stereocenters. The Morgan fingerprint density at radius 2 is 1.81 bits per heavy atom. The fraction of sp³-hybridized carbons (Fsp3) is 0.333. The third-order valence-corrected chi connectivity index (χ3v) is 5.92. The number of likely N-dealkylation sites (N-methyl/N-ethyl adjacent to an activating group) is 1. The summed E-state index contributed by atoms with van der Waals surface area (Å²) in [5.41, 5.74) is 1.71. The Morgan fingerprint density at radius 1 is 1.22 bits per heavy atom. The second kappa shape index (κ2) is 13.4. The molecule has 1 aromatic carbocycles. The fourth-order valence-corrected chi connectivity index (χ4v) is 3.95. The average molecular weight is 518 g/mol. The van der Waals surface area contributed by atoms with Crippen molar-refractivity contribution in [1.29, 1.82) is 0 Å². The summed E-state index contributed by atoms with van der Waals surface area (Å²) in [6, 6.07) is 7.13. The first kappa shape index (κ1) is 28.5. The maximum Gasteiger partial charge on any atom is 0.373 e. The van der Waals surface area contributed by atoms with E-state index in [2.05, 4.69) is 33.5 Å². The minimum Gasteiger partial charge on any atom is -0.503 e. The van der Waals surface area contributed by atoms with Crippen LogP contribution >= 0.6 is 11.6 Å². The van der Waals surface area contributed by atoms with E-state index in [1.165, 1.54) is 0 Å². The molecule has 1 aliphatic heterocycles. The molecular formula is C24H28ClN5O6. The molecule has 36 heavy (non-hydrogen) atoms. The number of hydrogen-bond donors (Lipinski definition) is 3. The summed E-state index contributed by atoms with van der Waals surface area (Å²) in [5, 5.41) is 23.6. The summed E-state index contributed by atoms with van der Waals surface area (Å²) in [4.78, 5) is 46.3. The fourth-order valence-electron chi connectivity index (χ4n) is 3.72. The van der Waals surface area contributed by atoms with E-state index in [-0.39, 0.29) is 11.9 Å². The first-order valence-electron chi connectivity index (χ1n) is 11.0. The van der Waals surface area contributed by atoms with Gasteiger partial charge in [0.1, 0.15) is 5.65 Å². The van der Waals surface area contributed by atoms with Gasteiger partial charge in [-0.3, -0.25) is 9.69 Å². The maximum absolute atomic E-state index is 12.8. The van der Waals surface area contributed by atoms with E-state index in [4.69, 9.17) is 26.3 Å². The van der Waals surface area contributed by atoms with E-state index in [0.717, 1.165) is 38.8 Å². The largest absolute Gasteiger partial charge is 0.503 e. The zero-order valence-electron chi connectivity index (χ0n) is 20.0. The predicted octanol–water partition coefficient (Wildman–Crippen LogP) is 1.98. The molecule has 1 fully saturated rings. The molecule has 2 aromatic heterocycles. The van der Waals surface area contributed by atoms with E-state index in [1.54, 1.807) is 19.1 Å². The van der Waals surface area contributed by atoms with Crippen molar-refractivity contribution in [3.05, 3.63) is 57.9 Å². The topological polar surface area (TPSA) is 149 Å². The van der Waals surface area contributed by atoms with Gasteiger partial charge in [0.25, 0.3) is 0 Å². The smallest absolute Gasteiger partial charge is 0.373 e. The number of aryl methyl sites for hydroxylation is 1. The molecule has 3 aromatic rings. The quantitative estimate of drug-likeness (QED) is 0.432. The van der Waals surface area contributed by atoms with Crippen LogP contribution in [-0.4, -0.2) is 86.7 Å². The van der Waals surface area contributed by atoms with Gasteiger partial charge in [-0.05, 0) is 20.0 Å². The monoisotopic (exact) mass is 517 g/mol. The number of aromatic amines is 1. The molecule has 0 radical (unpaired) electrons. The third kappa shape index (κ3) is 7.12. The van der Waals surface area contributed by atoms with Crippen LogP contribution in [0, 0.1) is 6.92 Å². The van der Waals surface area contributed by atoms with Crippen molar-refractivity contribution in [3.8, 4) is 17.0 Å². The van der Waals surface area contributed by atoms with Gasteiger partial charge in [-0.1, -0.05) is 36.4 Å². The van der Waals surface area contributed by atoms with Crippen LogP contribution in [0.2, 0.25) is 5.02 Å². The third-order valence-electron chi connectivity index (χ3n) is 5.59. The van der Waals surface area contributed by atoms with Crippen LogP contribution in [0.5, 0.6) is 5.75 Å². The Labute approximate surface area is 212 Å². The predicted molar refractivity (Wildman–Crippen MR) is 134 cm³/mol. The van der Waals surface area contributed by atoms with Crippen LogP contribution in [0.4, 0.5) is 0 Å². The molecule has 11 nitrogen and oxygen atoms in total. The molecule has 4 rings (SSSR count). The van der Waals surface area contributed by atoms with Gasteiger partial charge in [-0.2, -0.15) is 14.7 Å². The lowest BCUT2D eigenvalue weighted by Gasteiger charge is -2.32. The molecule has 3 N–H and O–H groups in total. The highest BCUT2D eigenvalue weighted by molar-refractivity contribution is 6.33. The Bertz CT molecular complexity index is 1300. The number of benzene rings is 1. The van der Waals surface area contributed by atoms with Crippen LogP contribution in [0.1, 0.15) is 5.69 Å². The second-order valence-corrected chi connectivity index (χ2v) is 8.37. The van der Waals surface area contributed by atoms with Crippen LogP contribution in [-0.2, 0) is 20.9 Å². The summed E-state index contributed by atoms with van der Waals surface area (Å²) in [6.07, 6.45) is 1.08. The van der Waals surface area contributed by atoms with E-state index < -0.39 is 11.4 Å². The van der Waals surface area contributed by atoms with Gasteiger partial charge in [0.05, 0.1) is 28.3 Å². The van der Waals surface area contributed by atoms with Gasteiger partial charge in [0.2, 0.25) is 5.43 Å². The molecule has 0 atom stereocenters. The zero-order valence-corrected chi connectivity index (χ0v) is 20.8. The van der Waals surface area contributed by atoms with Crippen LogP contribution < -0.4 is 5.43 Å². The van der Waals surface area contributed by atoms with Gasteiger partial charge >= 0.3 is 12.1 Å². The first-order valence-corrected chi connectivity index (χ1v) is 11.3. The summed E-state index contributed by atoms with van der Waals surface area (Å²) in [6.45, 7) is 10.4. The molecule has 192 valence electrons. The van der Waals surface area contributed by atoms with Gasteiger partial charge in [-0.15, -0.1) is 0 Å². The number of H-pyrrole nitrogens is 1. The zero-order chi connectivity index (χ0) is 26.8. The second-order valence-electron chi connectivity index (χ2n) is 7.96. The van der Waals surface area contributed by atoms with Gasteiger partial charge in [-0.25, -0.2) is 9.48 Å². The summed E-state index contributed by atoms with van der Waals surface area (Å²) >= 11 is 6.29. The number of carbonyl (C=O) groups excluding carboxylic acids is 2. The van der Waals surface area contributed by atoms with Crippen molar-refractivity contribution in [2.45, 2.75) is 13.5 Å². The first-order chi connectivity index (χ1) is 17.1. The summed E-state index contributed by atoms with van der Waals surface area (Å²) in [7, 11) is 2.13. The molecule has 0 aliphatic carbocycles. The number of fused-ring (bicyclic) bond motifs is 1. The number of rotatable bonds is 5. The Hall–Kier alpha value is -3.76. The van der Waals surface area contributed by atoms with Gasteiger partial charge in [0, 0.05) is 44.4 Å². The number of nitrogens with zero attached hydrogens (tertiary/aromatic N) is 4. The van der Waals surface area contributed by atoms with Crippen molar-refractivity contribution in [2.24, 2.45) is 0 Å². The Morgan fingerprint density at radius 3 is 2.36 bits per heavy atom. The molecule has 0 bridgehead atoms. The lowest BCUT2D eigenvalue weighted by atomic mass is 10.1. The maximum atomic E-state index is 12.8. The number of carbonyl (C=O) groups is 1. The summed E-state index contributed by atoms with van der Waals surface area (Å²) in [5.74, 6) is -1.31. The van der Waals surface area contributed by atoms with E-state index >= 15 is 0 Å². The number of aromatic hydroxyl groups is 1. The molecule has 1 saturated heterocycles. The van der Waals surface area contributed by atoms with Crippen molar-refractivity contribution in [2.75, 3.05) is 39.8 Å². The molecule has 1 aliphatic rings. The molecule has 12 heteroatoms. The molecular weight excluding hydrogens is 490 g/mol. The molecule has 0 spiro atoms. The highest BCUT2D eigenvalue weighted by Gasteiger charge is 2.21. The number of hydrogen-bond acceptors (Lipinski definition) is 8. The number of carboxylic acids is 1. The van der Waals surface area contributed by atoms with E-state index in [1.807, 2.05) is 16.8 Å². The Balaban J connectivity index is 0.000000501. The van der Waals surface area contributed by atoms with Crippen LogP contribution in [0.25, 0.3) is 22.3 Å². The van der Waals surface area contributed by atoms with E-state index in [0.29, 0.717) is 39.6 Å². The van der Waals surface area contributed by atoms with Gasteiger partial charge in [0.15, 0.2) is 5.75 Å². The number of carboxylic acid groups (broad SMARTS) is 1. The SMILES string of the molecule is C=CC(=O)O.Cc1nn(CCN2CCN(C)CC2)c2[nH]c(-c3ccccc3Cl)c(O)c(=O)c12.O=C=O. The standard InChI is InChI=1S/C20H24ClN5O2.C3H4O2.CO2/c1-13-16-18(27)19(28)17(14-5-3-4-6-15(14)21)22-20(16)26(23-13)12-11-25-9-7-24(2)8-10-25;1-2-3(4)5;2-1-3/h3-6,28H,7-12H2,1-2H3,(H,22,27);2H,1H2,(H,4,5);. The highest BCUT2D eigenvalue weighted by Crippen LogP contribution is 2.32. The number of aromatic nitrogens is 3. The Kier molecular flexibility index (Phi) is 10.6. The number of halogens is 1. The van der Waals surface area contributed by atoms with Crippen LogP contribution in [0.15, 0.2) is 41.7 Å². The number of nitrogens with one attached hydrogen (secondary N) is 1. The van der Waals surface area contributed by atoms with Gasteiger partial charge < -0.3 is 20.1 Å². The molecule has 0 saturated carbocycles. The van der Waals surface area contributed by atoms with Crippen molar-refractivity contribution in [3.63, 3.8) is 0 Å². The van der Waals surface area contributed by atoms with Crippen molar-refractivity contribution in [1.82, 2.24) is 24.6 Å². The van der Waals surface area contributed by atoms with Crippen LogP contribution in [0.3, 0.4) is 0 Å². The average Bonchev–Trinajstić information content (AvgIpc) is 3.17. The lowest BCUT2D eigenvalue weighted by Crippen LogP contribution is -2.45. The highest BCUT2D eigenvalue weighted by atomic mass is 35.5. The number of aliphatic carboxylic acids is 1. The molecule has 0 amide bonds. The van der Waals surface area contributed by atoms with Crippen molar-refractivity contribution < 1.29 is 24.6 Å². The minimum absolute atomic E-state index is 0.250. The van der Waals surface area contributed by atoms with E-state index in [9.17, 15) is 14.7 Å². The van der Waals surface area contributed by atoms with Crippen molar-refractivity contribution >= 4 is 34.8 Å². The summed E-state index contributed by atoms with van der Waals surface area (Å²) < 4.78 is 1.82. The normalized spacial score (nSPS) is 13.6. The molecule has 3 heterocycles.